The van der Waals surface area contributed by atoms with Crippen molar-refractivity contribution >= 4 is 30.3 Å². The molecule has 0 aromatic heterocycles. The quantitative estimate of drug-likeness (QED) is 0.268. The Labute approximate surface area is 254 Å². The fourth-order valence-electron chi connectivity index (χ4n) is 5.23. The molecule has 1 aliphatic carbocycles. The third kappa shape index (κ3) is 6.23. The number of hydrogen-bond donors (Lipinski definition) is 0. The number of aryl methyl sites for hydroxylation is 2. The van der Waals surface area contributed by atoms with Crippen molar-refractivity contribution in [1.29, 1.82) is 0 Å². The summed E-state index contributed by atoms with van der Waals surface area (Å²) < 4.78 is 1.42. The predicted octanol–water partition coefficient (Wildman–Crippen LogP) is 2.99. The maximum atomic E-state index is 2.40. The predicted molar refractivity (Wildman–Crippen MR) is 154 cm³/mol. The number of halogens is 2. The van der Waals surface area contributed by atoms with Crippen LogP contribution in [0.25, 0.3) is 27.1 Å². The van der Waals surface area contributed by atoms with Gasteiger partial charge in [-0.15, -0.1) is 33.7 Å². The Hall–Kier alpha value is -2.44. The van der Waals surface area contributed by atoms with Crippen LogP contribution in [0.4, 0.5) is 0 Å². The van der Waals surface area contributed by atoms with Crippen LogP contribution in [0.3, 0.4) is 0 Å². The van der Waals surface area contributed by atoms with Gasteiger partial charge in [-0.25, -0.2) is 0 Å². The monoisotopic (exact) mass is 611 g/mol. The van der Waals surface area contributed by atoms with Crippen molar-refractivity contribution in [2.45, 2.75) is 33.1 Å². The zero-order valence-corrected chi connectivity index (χ0v) is 25.8. The molecule has 38 heavy (non-hydrogen) atoms. The third-order valence-electron chi connectivity index (χ3n) is 7.06. The average Bonchev–Trinajstić information content (AvgIpc) is 3.61. The first-order chi connectivity index (χ1) is 17.7. The Morgan fingerprint density at radius 2 is 1.37 bits per heavy atom. The summed E-state index contributed by atoms with van der Waals surface area (Å²) in [7, 11) is 0. The van der Waals surface area contributed by atoms with Gasteiger partial charge in [0.2, 0.25) is 0 Å². The molecule has 0 bridgehead atoms. The molecular weight excluding hydrogens is 583 g/mol. The zero-order chi connectivity index (χ0) is 24.9. The van der Waals surface area contributed by atoms with Crippen molar-refractivity contribution in [2.75, 3.05) is 0 Å². The molecule has 1 aliphatic rings. The first-order valence-corrected chi connectivity index (χ1v) is 14.1. The van der Waals surface area contributed by atoms with Crippen LogP contribution in [-0.2, 0) is 37.1 Å². The van der Waals surface area contributed by atoms with Crippen LogP contribution in [0.1, 0.15) is 48.1 Å². The summed E-state index contributed by atoms with van der Waals surface area (Å²) in [6.45, 7) is 4.51. The van der Waals surface area contributed by atoms with Gasteiger partial charge in [0.15, 0.2) is 0 Å². The number of fused-ring (bicyclic) bond motifs is 3. The Balaban J connectivity index is 0.000000219. The summed E-state index contributed by atoms with van der Waals surface area (Å²) in [6.07, 6.45) is 9.97. The van der Waals surface area contributed by atoms with E-state index < -0.39 is 0 Å². The van der Waals surface area contributed by atoms with E-state index in [2.05, 4.69) is 129 Å². The van der Waals surface area contributed by atoms with Crippen molar-refractivity contribution in [3.63, 3.8) is 0 Å². The molecule has 0 nitrogen and oxygen atoms in total. The summed E-state index contributed by atoms with van der Waals surface area (Å²) in [5.41, 5.74) is 8.53. The van der Waals surface area contributed by atoms with Gasteiger partial charge >= 0.3 is 99.2 Å². The number of benzene rings is 4. The van der Waals surface area contributed by atoms with Crippen LogP contribution in [-0.4, -0.2) is 3.21 Å². The molecule has 0 spiro atoms. The second-order valence-electron chi connectivity index (χ2n) is 9.22. The van der Waals surface area contributed by atoms with Crippen LogP contribution in [0.2, 0.25) is 0 Å². The minimum absolute atomic E-state index is 0. The van der Waals surface area contributed by atoms with E-state index in [0.29, 0.717) is 0 Å². The van der Waals surface area contributed by atoms with Gasteiger partial charge in [-0.1, -0.05) is 78.6 Å². The Kier molecular flexibility index (Phi) is 11.2. The van der Waals surface area contributed by atoms with Crippen molar-refractivity contribution in [3.05, 3.63) is 143 Å². The van der Waals surface area contributed by atoms with Crippen LogP contribution < -0.4 is 24.8 Å². The van der Waals surface area contributed by atoms with E-state index in [-0.39, 0.29) is 24.8 Å². The van der Waals surface area contributed by atoms with Crippen LogP contribution in [0.15, 0.2) is 115 Å². The van der Waals surface area contributed by atoms with Crippen LogP contribution in [0.5, 0.6) is 0 Å². The van der Waals surface area contributed by atoms with Gasteiger partial charge in [0.25, 0.3) is 0 Å². The van der Waals surface area contributed by atoms with Gasteiger partial charge in [-0.3, -0.25) is 0 Å². The van der Waals surface area contributed by atoms with Gasteiger partial charge in [-0.2, -0.15) is 0 Å². The fourth-order valence-corrected chi connectivity index (χ4v) is 6.05. The summed E-state index contributed by atoms with van der Waals surface area (Å²) in [4.78, 5) is 0. The summed E-state index contributed by atoms with van der Waals surface area (Å²) in [6, 6.07) is 34.9. The van der Waals surface area contributed by atoms with Gasteiger partial charge in [0, 0.05) is 0 Å². The van der Waals surface area contributed by atoms with E-state index in [1.165, 1.54) is 82.4 Å². The van der Waals surface area contributed by atoms with E-state index in [1.54, 1.807) is 0 Å². The average molecular weight is 614 g/mol. The van der Waals surface area contributed by atoms with Crippen LogP contribution >= 0.6 is 0 Å². The third-order valence-corrected chi connectivity index (χ3v) is 8.48. The Bertz CT molecular complexity index is 1530. The SMILES string of the molecule is CCc1ccc2c([cH-]c3cccc(CC)c32)c1C1=CC=CC1.[Cl-].[Cl-].[Zr+2]=[C](c1ccccc1)c1ccccc1. The second-order valence-corrected chi connectivity index (χ2v) is 10.5. The molecule has 5 aromatic rings. The van der Waals surface area contributed by atoms with Crippen molar-refractivity contribution in [3.8, 4) is 0 Å². The van der Waals surface area contributed by atoms with E-state index in [4.69, 9.17) is 0 Å². The van der Waals surface area contributed by atoms with E-state index in [9.17, 15) is 0 Å². The number of allylic oxidation sites excluding steroid dienone is 4. The summed E-state index contributed by atoms with van der Waals surface area (Å²) in [5.74, 6) is 0. The molecule has 190 valence electrons. The van der Waals surface area contributed by atoms with E-state index in [1.807, 2.05) is 0 Å². The first kappa shape index (κ1) is 30.1. The van der Waals surface area contributed by atoms with Gasteiger partial charge in [-0.05, 0) is 19.3 Å². The molecule has 0 saturated heterocycles. The van der Waals surface area contributed by atoms with Gasteiger partial charge < -0.3 is 24.8 Å². The van der Waals surface area contributed by atoms with Crippen molar-refractivity contribution in [1.82, 2.24) is 0 Å². The van der Waals surface area contributed by atoms with E-state index >= 15 is 0 Å². The molecule has 0 aliphatic heterocycles. The first-order valence-electron chi connectivity index (χ1n) is 12.9. The topological polar surface area (TPSA) is 0 Å². The number of hydrogen-bond acceptors (Lipinski definition) is 0. The van der Waals surface area contributed by atoms with Crippen LogP contribution in [0, 0.1) is 0 Å². The Morgan fingerprint density at radius 3 is 1.92 bits per heavy atom. The summed E-state index contributed by atoms with van der Waals surface area (Å²) in [5, 5.41) is 5.70. The maximum absolute atomic E-state index is 2.40. The van der Waals surface area contributed by atoms with Crippen molar-refractivity contribution < 1.29 is 49.0 Å². The zero-order valence-electron chi connectivity index (χ0n) is 21.8. The molecule has 0 N–H and O–H groups in total. The molecular formula is C35H31Cl2Zr-. The molecule has 0 amide bonds. The molecule has 5 aromatic carbocycles. The minimum atomic E-state index is 0. The molecule has 0 unspecified atom stereocenters. The molecule has 0 radical (unpaired) electrons. The molecule has 6 rings (SSSR count). The fraction of sp³-hybridized carbons (Fsp3) is 0.143. The molecule has 0 heterocycles. The molecule has 3 heteroatoms. The Morgan fingerprint density at radius 1 is 0.737 bits per heavy atom. The number of rotatable bonds is 5. The second kappa shape index (κ2) is 14.1. The summed E-state index contributed by atoms with van der Waals surface area (Å²) >= 11 is 1.46. The van der Waals surface area contributed by atoms with Gasteiger partial charge in [0.1, 0.15) is 0 Å². The molecule has 0 atom stereocenters. The van der Waals surface area contributed by atoms with E-state index in [0.717, 1.165) is 19.3 Å². The van der Waals surface area contributed by atoms with Crippen molar-refractivity contribution in [2.24, 2.45) is 0 Å². The molecule has 0 fully saturated rings. The molecule has 0 saturated carbocycles. The standard InChI is InChI=1S/C22H21.C13H10.2ClH.Zr/c1-3-15-10-7-11-18-14-20-19(22(15)18)13-12-16(4-2)21(20)17-8-5-6-9-17;1-3-7-12(8-4-1)11-13-9-5-2-6-10-13;;;/h5-8,10-14H,3-4,9H2,1-2H3;1-10H;2*1H;/q-1;;;;+2/p-2. The normalized spacial score (nSPS) is 11.8. The van der Waals surface area contributed by atoms with Gasteiger partial charge in [0.05, 0.1) is 0 Å².